The average molecular weight is 338 g/mol. The van der Waals surface area contributed by atoms with Crippen LogP contribution in [0, 0.1) is 0 Å². The van der Waals surface area contributed by atoms with E-state index in [1.807, 2.05) is 30.3 Å². The van der Waals surface area contributed by atoms with Crippen molar-refractivity contribution < 1.29 is 9.59 Å². The van der Waals surface area contributed by atoms with Crippen LogP contribution in [0.1, 0.15) is 18.9 Å². The minimum atomic E-state index is -0.254. The fraction of sp³-hybridized carbons (Fsp3) is 0.235. The molecule has 0 atom stereocenters. The minimum Gasteiger partial charge on any atom is -0.338 e. The van der Waals surface area contributed by atoms with Gasteiger partial charge in [-0.3, -0.25) is 14.9 Å². The molecule has 3 aromatic rings. The van der Waals surface area contributed by atoms with Crippen molar-refractivity contribution in [3.05, 3.63) is 54.4 Å². The van der Waals surface area contributed by atoms with E-state index in [-0.39, 0.29) is 24.2 Å². The summed E-state index contributed by atoms with van der Waals surface area (Å²) < 4.78 is 1.48. The molecule has 0 unspecified atom stereocenters. The summed E-state index contributed by atoms with van der Waals surface area (Å²) in [7, 11) is 0. The quantitative estimate of drug-likeness (QED) is 0.735. The van der Waals surface area contributed by atoms with E-state index >= 15 is 0 Å². The van der Waals surface area contributed by atoms with Crippen LogP contribution >= 0.6 is 0 Å². The normalized spacial score (nSPS) is 10.6. The van der Waals surface area contributed by atoms with Crippen LogP contribution in [0.25, 0.3) is 5.78 Å². The van der Waals surface area contributed by atoms with Gasteiger partial charge in [0.1, 0.15) is 0 Å². The maximum Gasteiger partial charge on any atom is 0.253 e. The zero-order valence-electron chi connectivity index (χ0n) is 13.8. The highest BCUT2D eigenvalue weighted by atomic mass is 16.2. The summed E-state index contributed by atoms with van der Waals surface area (Å²) in [6.45, 7) is 2.29. The molecule has 0 saturated heterocycles. The monoisotopic (exact) mass is 338 g/mol. The van der Waals surface area contributed by atoms with E-state index in [1.165, 1.54) is 11.4 Å². The number of aromatic nitrogens is 4. The molecule has 2 aromatic heterocycles. The number of fused-ring (bicyclic) bond motifs is 1. The van der Waals surface area contributed by atoms with Gasteiger partial charge in [0.2, 0.25) is 11.8 Å². The maximum atomic E-state index is 12.1. The molecule has 3 rings (SSSR count). The van der Waals surface area contributed by atoms with Crippen molar-refractivity contribution in [1.82, 2.24) is 24.5 Å². The predicted octanol–water partition coefficient (Wildman–Crippen LogP) is 1.50. The zero-order chi connectivity index (χ0) is 17.6. The van der Waals surface area contributed by atoms with E-state index in [0.717, 1.165) is 5.56 Å². The first-order chi connectivity index (χ1) is 12.1. The third-order valence-corrected chi connectivity index (χ3v) is 3.64. The van der Waals surface area contributed by atoms with Gasteiger partial charge in [-0.25, -0.2) is 9.50 Å². The second-order valence-electron chi connectivity index (χ2n) is 5.52. The van der Waals surface area contributed by atoms with Gasteiger partial charge in [0.05, 0.1) is 0 Å². The van der Waals surface area contributed by atoms with Crippen LogP contribution in [0.15, 0.2) is 48.8 Å². The summed E-state index contributed by atoms with van der Waals surface area (Å²) in [4.78, 5) is 33.7. The lowest BCUT2D eigenvalue weighted by Gasteiger charge is -2.20. The number of benzene rings is 1. The molecule has 128 valence electrons. The molecule has 0 aliphatic heterocycles. The number of amides is 2. The van der Waals surface area contributed by atoms with Crippen LogP contribution in [0.2, 0.25) is 0 Å². The highest BCUT2D eigenvalue weighted by Gasteiger charge is 2.13. The molecular weight excluding hydrogens is 320 g/mol. The van der Waals surface area contributed by atoms with E-state index in [0.29, 0.717) is 18.9 Å². The van der Waals surface area contributed by atoms with Crippen molar-refractivity contribution in [2.75, 3.05) is 11.9 Å². The lowest BCUT2D eigenvalue weighted by atomic mass is 10.2. The third-order valence-electron chi connectivity index (χ3n) is 3.64. The van der Waals surface area contributed by atoms with Crippen LogP contribution in [-0.4, -0.2) is 42.8 Å². The summed E-state index contributed by atoms with van der Waals surface area (Å²) in [6.07, 6.45) is 3.46. The van der Waals surface area contributed by atoms with Crippen LogP contribution in [0.3, 0.4) is 0 Å². The Labute approximate surface area is 144 Å². The van der Waals surface area contributed by atoms with Crippen molar-refractivity contribution in [2.45, 2.75) is 19.9 Å². The number of carbonyl (C=O) groups is 2. The molecule has 8 heteroatoms. The highest BCUT2D eigenvalue weighted by Crippen LogP contribution is 2.07. The van der Waals surface area contributed by atoms with Gasteiger partial charge < -0.3 is 4.90 Å². The molecule has 25 heavy (non-hydrogen) atoms. The van der Waals surface area contributed by atoms with Crippen molar-refractivity contribution in [2.24, 2.45) is 0 Å². The molecule has 0 spiro atoms. The Morgan fingerprint density at radius 1 is 1.20 bits per heavy atom. The fourth-order valence-electron chi connectivity index (χ4n) is 2.36. The summed E-state index contributed by atoms with van der Waals surface area (Å²) in [5, 5.41) is 6.74. The van der Waals surface area contributed by atoms with Crippen molar-refractivity contribution in [3.8, 4) is 0 Å². The Hall–Kier alpha value is -3.29. The standard InChI is InChI=1S/C17H18N6O2/c1-13(24)22(12-14-6-3-2-4-7-14)11-8-15(25)19-16-20-17-18-9-5-10-23(17)21-16/h2-7,9-10H,8,11-12H2,1H3,(H,19,21,25). The summed E-state index contributed by atoms with van der Waals surface area (Å²) in [5.74, 6) is 0.273. The summed E-state index contributed by atoms with van der Waals surface area (Å²) >= 11 is 0. The Morgan fingerprint density at radius 2 is 2.00 bits per heavy atom. The lowest BCUT2D eigenvalue weighted by Crippen LogP contribution is -2.31. The Morgan fingerprint density at radius 3 is 2.72 bits per heavy atom. The first-order valence-electron chi connectivity index (χ1n) is 7.88. The molecule has 2 amide bonds. The molecule has 0 fully saturated rings. The first kappa shape index (κ1) is 16.6. The maximum absolute atomic E-state index is 12.1. The SMILES string of the molecule is CC(=O)N(CCC(=O)Nc1nc2ncccn2n1)Cc1ccccc1. The smallest absolute Gasteiger partial charge is 0.253 e. The molecule has 0 saturated carbocycles. The van der Waals surface area contributed by atoms with Gasteiger partial charge in [0.25, 0.3) is 11.7 Å². The predicted molar refractivity (Wildman–Crippen MR) is 91.6 cm³/mol. The van der Waals surface area contributed by atoms with Crippen LogP contribution < -0.4 is 5.32 Å². The van der Waals surface area contributed by atoms with Crippen LogP contribution in [0.4, 0.5) is 5.95 Å². The molecule has 1 N–H and O–H groups in total. The van der Waals surface area contributed by atoms with Gasteiger partial charge >= 0.3 is 0 Å². The number of hydrogen-bond acceptors (Lipinski definition) is 5. The fourth-order valence-corrected chi connectivity index (χ4v) is 2.36. The Kier molecular flexibility index (Phi) is 4.98. The van der Waals surface area contributed by atoms with E-state index in [2.05, 4.69) is 20.4 Å². The number of carbonyl (C=O) groups excluding carboxylic acids is 2. The summed E-state index contributed by atoms with van der Waals surface area (Å²) in [5.41, 5.74) is 1.02. The molecule has 1 aromatic carbocycles. The molecular formula is C17H18N6O2. The first-order valence-corrected chi connectivity index (χ1v) is 7.88. The second-order valence-corrected chi connectivity index (χ2v) is 5.52. The van der Waals surface area contributed by atoms with Crippen LogP contribution in [-0.2, 0) is 16.1 Å². The number of nitrogens with one attached hydrogen (secondary N) is 1. The minimum absolute atomic E-state index is 0.0771. The average Bonchev–Trinajstić information content (AvgIpc) is 3.01. The number of anilines is 1. The summed E-state index contributed by atoms with van der Waals surface area (Å²) in [6, 6.07) is 11.4. The van der Waals surface area contributed by atoms with E-state index < -0.39 is 0 Å². The van der Waals surface area contributed by atoms with Gasteiger partial charge in [-0.05, 0) is 11.6 Å². The highest BCUT2D eigenvalue weighted by molar-refractivity contribution is 5.89. The van der Waals surface area contributed by atoms with Crippen molar-refractivity contribution in [1.29, 1.82) is 0 Å². The molecule has 0 aliphatic carbocycles. The molecule has 0 bridgehead atoms. The van der Waals surface area contributed by atoms with E-state index in [1.54, 1.807) is 23.4 Å². The van der Waals surface area contributed by atoms with Crippen LogP contribution in [0.5, 0.6) is 0 Å². The zero-order valence-corrected chi connectivity index (χ0v) is 13.8. The van der Waals surface area contributed by atoms with Crippen molar-refractivity contribution >= 4 is 23.5 Å². The van der Waals surface area contributed by atoms with Crippen molar-refractivity contribution in [3.63, 3.8) is 0 Å². The van der Waals surface area contributed by atoms with E-state index in [4.69, 9.17) is 0 Å². The van der Waals surface area contributed by atoms with E-state index in [9.17, 15) is 9.59 Å². The number of nitrogens with zero attached hydrogens (tertiary/aromatic N) is 5. The van der Waals surface area contributed by atoms with Gasteiger partial charge in [-0.1, -0.05) is 30.3 Å². The van der Waals surface area contributed by atoms with Gasteiger partial charge in [-0.15, -0.1) is 5.10 Å². The number of hydrogen-bond donors (Lipinski definition) is 1. The third kappa shape index (κ3) is 4.37. The van der Waals surface area contributed by atoms with Gasteiger partial charge in [0.15, 0.2) is 0 Å². The largest absolute Gasteiger partial charge is 0.338 e. The molecule has 8 nitrogen and oxygen atoms in total. The van der Waals surface area contributed by atoms with Gasteiger partial charge in [-0.2, -0.15) is 4.98 Å². The number of rotatable bonds is 6. The Balaban J connectivity index is 1.56. The van der Waals surface area contributed by atoms with Gasteiger partial charge in [0, 0.05) is 38.8 Å². The molecule has 2 heterocycles. The lowest BCUT2D eigenvalue weighted by molar-refractivity contribution is -0.129. The second kappa shape index (κ2) is 7.52. The molecule has 0 aliphatic rings. The Bertz CT molecular complexity index is 844. The molecule has 0 radical (unpaired) electrons. The topological polar surface area (TPSA) is 92.5 Å².